The Labute approximate surface area is 76.2 Å². The molecule has 0 spiro atoms. The Morgan fingerprint density at radius 1 is 0.750 bits per heavy atom. The highest BCUT2D eigenvalue weighted by molar-refractivity contribution is 4.42. The fourth-order valence-electron chi connectivity index (χ4n) is 1.08. The minimum atomic E-state index is 0.649. The normalized spacial score (nSPS) is 10.5. The van der Waals surface area contributed by atoms with Crippen molar-refractivity contribution in [3.05, 3.63) is 0 Å². The first-order valence-electron chi connectivity index (χ1n) is 5.16. The molecule has 0 unspecified atom stereocenters. The highest BCUT2D eigenvalue weighted by atomic mass is 17.2. The number of hydrogen-bond acceptors (Lipinski definition) is 2. The zero-order chi connectivity index (χ0) is 9.07. The molecule has 0 aromatic carbocycles. The van der Waals surface area contributed by atoms with Crippen LogP contribution in [0.5, 0.6) is 0 Å². The smallest absolute Gasteiger partial charge is 0.0822 e. The van der Waals surface area contributed by atoms with Crippen molar-refractivity contribution in [3.8, 4) is 0 Å². The van der Waals surface area contributed by atoms with E-state index < -0.39 is 0 Å². The summed E-state index contributed by atoms with van der Waals surface area (Å²) in [5, 5.41) is 0. The maximum absolute atomic E-state index is 4.89. The average molecular weight is 174 g/mol. The van der Waals surface area contributed by atoms with Crippen LogP contribution in [0.4, 0.5) is 0 Å². The topological polar surface area (TPSA) is 18.5 Å². The molecule has 0 fully saturated rings. The third-order valence-electron chi connectivity index (χ3n) is 1.78. The van der Waals surface area contributed by atoms with Crippen molar-refractivity contribution in [2.45, 2.75) is 52.4 Å². The van der Waals surface area contributed by atoms with E-state index >= 15 is 0 Å². The van der Waals surface area contributed by atoms with Crippen molar-refractivity contribution in [2.24, 2.45) is 0 Å². The van der Waals surface area contributed by atoms with Crippen LogP contribution in [0.3, 0.4) is 0 Å². The van der Waals surface area contributed by atoms with Crippen LogP contribution in [0.2, 0.25) is 0 Å². The van der Waals surface area contributed by atoms with Crippen molar-refractivity contribution >= 4 is 0 Å². The monoisotopic (exact) mass is 174 g/mol. The minimum absolute atomic E-state index is 0.649. The van der Waals surface area contributed by atoms with Crippen molar-refractivity contribution in [3.63, 3.8) is 0 Å². The van der Waals surface area contributed by atoms with Gasteiger partial charge in [0.05, 0.1) is 13.2 Å². The largest absolute Gasteiger partial charge is 0.237 e. The Kier molecular flexibility index (Phi) is 10.8. The molecule has 0 heterocycles. The van der Waals surface area contributed by atoms with Gasteiger partial charge in [-0.3, -0.25) is 0 Å². The quantitative estimate of drug-likeness (QED) is 0.303. The molecule has 12 heavy (non-hydrogen) atoms. The summed E-state index contributed by atoms with van der Waals surface area (Å²) in [7, 11) is 0. The lowest BCUT2D eigenvalue weighted by atomic mass is 10.1. The molecule has 0 saturated carbocycles. The van der Waals surface area contributed by atoms with Gasteiger partial charge in [-0.05, 0) is 13.3 Å². The maximum atomic E-state index is 4.89. The zero-order valence-electron chi connectivity index (χ0n) is 8.47. The van der Waals surface area contributed by atoms with Gasteiger partial charge in [0.2, 0.25) is 0 Å². The molecule has 0 rings (SSSR count). The molecule has 2 nitrogen and oxygen atoms in total. The molecule has 0 amide bonds. The second kappa shape index (κ2) is 10.9. The van der Waals surface area contributed by atoms with E-state index in [4.69, 9.17) is 9.78 Å². The molecule has 0 N–H and O–H groups in total. The number of rotatable bonds is 9. The Morgan fingerprint density at radius 3 is 2.08 bits per heavy atom. The highest BCUT2D eigenvalue weighted by Gasteiger charge is 1.90. The summed E-state index contributed by atoms with van der Waals surface area (Å²) < 4.78 is 0. The third kappa shape index (κ3) is 9.92. The zero-order valence-corrected chi connectivity index (χ0v) is 8.47. The van der Waals surface area contributed by atoms with Crippen LogP contribution in [0.25, 0.3) is 0 Å². The minimum Gasteiger partial charge on any atom is -0.237 e. The molecule has 0 aromatic rings. The third-order valence-corrected chi connectivity index (χ3v) is 1.78. The van der Waals surface area contributed by atoms with Gasteiger partial charge in [-0.1, -0.05) is 39.0 Å². The average Bonchev–Trinajstić information content (AvgIpc) is 2.10. The summed E-state index contributed by atoms with van der Waals surface area (Å²) in [6, 6.07) is 0. The summed E-state index contributed by atoms with van der Waals surface area (Å²) in [5.41, 5.74) is 0. The molecule has 2 heteroatoms. The van der Waals surface area contributed by atoms with Gasteiger partial charge in [0.1, 0.15) is 0 Å². The van der Waals surface area contributed by atoms with Crippen LogP contribution in [-0.4, -0.2) is 13.2 Å². The molecule has 0 radical (unpaired) electrons. The van der Waals surface area contributed by atoms with Crippen molar-refractivity contribution in [1.29, 1.82) is 0 Å². The fraction of sp³-hybridized carbons (Fsp3) is 1.00. The van der Waals surface area contributed by atoms with Gasteiger partial charge in [0.25, 0.3) is 0 Å². The van der Waals surface area contributed by atoms with E-state index in [0.717, 1.165) is 13.0 Å². The Hall–Kier alpha value is -0.0800. The summed E-state index contributed by atoms with van der Waals surface area (Å²) in [6.45, 7) is 5.56. The summed E-state index contributed by atoms with van der Waals surface area (Å²) in [4.78, 5) is 9.65. The number of hydrogen-bond donors (Lipinski definition) is 0. The summed E-state index contributed by atoms with van der Waals surface area (Å²) in [5.74, 6) is 0. The maximum Gasteiger partial charge on any atom is 0.0822 e. The SMILES string of the molecule is CCCCCCCCOOCC. The van der Waals surface area contributed by atoms with Crippen LogP contribution in [0.1, 0.15) is 52.4 Å². The summed E-state index contributed by atoms with van der Waals surface area (Å²) in [6.07, 6.45) is 7.78. The van der Waals surface area contributed by atoms with E-state index in [2.05, 4.69) is 6.92 Å². The first-order chi connectivity index (χ1) is 5.91. The predicted octanol–water partition coefficient (Wildman–Crippen LogP) is 3.32. The van der Waals surface area contributed by atoms with Crippen LogP contribution < -0.4 is 0 Å². The van der Waals surface area contributed by atoms with E-state index in [1.165, 1.54) is 32.1 Å². The standard InChI is InChI=1S/C10H22O2/c1-3-5-6-7-8-9-10-12-11-4-2/h3-10H2,1-2H3. The lowest BCUT2D eigenvalue weighted by Gasteiger charge is -2.01. The predicted molar refractivity (Wildman–Crippen MR) is 51.0 cm³/mol. The van der Waals surface area contributed by atoms with Gasteiger partial charge < -0.3 is 0 Å². The van der Waals surface area contributed by atoms with E-state index in [1.54, 1.807) is 0 Å². The fourth-order valence-corrected chi connectivity index (χ4v) is 1.08. The molecule has 0 aromatic heterocycles. The molecular weight excluding hydrogens is 152 g/mol. The first-order valence-corrected chi connectivity index (χ1v) is 5.16. The molecule has 74 valence electrons. The van der Waals surface area contributed by atoms with Crippen LogP contribution in [0, 0.1) is 0 Å². The van der Waals surface area contributed by atoms with Gasteiger partial charge in [0, 0.05) is 0 Å². The molecule has 0 saturated heterocycles. The number of unbranched alkanes of at least 4 members (excludes halogenated alkanes) is 5. The molecule has 0 aliphatic carbocycles. The van der Waals surface area contributed by atoms with Crippen LogP contribution in [-0.2, 0) is 9.78 Å². The second-order valence-electron chi connectivity index (χ2n) is 3.00. The van der Waals surface area contributed by atoms with Crippen molar-refractivity contribution in [1.82, 2.24) is 0 Å². The lowest BCUT2D eigenvalue weighted by Crippen LogP contribution is -1.95. The van der Waals surface area contributed by atoms with Crippen LogP contribution in [0.15, 0.2) is 0 Å². The lowest BCUT2D eigenvalue weighted by molar-refractivity contribution is -0.291. The van der Waals surface area contributed by atoms with E-state index in [0.29, 0.717) is 6.61 Å². The molecule has 0 bridgehead atoms. The van der Waals surface area contributed by atoms with Gasteiger partial charge in [-0.25, -0.2) is 9.78 Å². The highest BCUT2D eigenvalue weighted by Crippen LogP contribution is 2.04. The van der Waals surface area contributed by atoms with Gasteiger partial charge in [-0.15, -0.1) is 0 Å². The second-order valence-corrected chi connectivity index (χ2v) is 3.00. The summed E-state index contributed by atoms with van der Waals surface area (Å²) >= 11 is 0. The van der Waals surface area contributed by atoms with Gasteiger partial charge >= 0.3 is 0 Å². The molecule has 0 aliphatic heterocycles. The Balaban J connectivity index is 2.73. The van der Waals surface area contributed by atoms with Crippen molar-refractivity contribution < 1.29 is 9.78 Å². The molecular formula is C10H22O2. The Morgan fingerprint density at radius 2 is 1.42 bits per heavy atom. The molecule has 0 aliphatic rings. The van der Waals surface area contributed by atoms with Gasteiger partial charge in [0.15, 0.2) is 0 Å². The molecule has 0 atom stereocenters. The van der Waals surface area contributed by atoms with E-state index in [1.807, 2.05) is 6.92 Å². The van der Waals surface area contributed by atoms with Gasteiger partial charge in [-0.2, -0.15) is 0 Å². The van der Waals surface area contributed by atoms with Crippen LogP contribution >= 0.6 is 0 Å². The Bertz CT molecular complexity index is 64.2. The first kappa shape index (κ1) is 11.9. The van der Waals surface area contributed by atoms with E-state index in [9.17, 15) is 0 Å². The van der Waals surface area contributed by atoms with E-state index in [-0.39, 0.29) is 0 Å². The van der Waals surface area contributed by atoms with Crippen molar-refractivity contribution in [2.75, 3.05) is 13.2 Å².